The molecule has 3 heterocycles. The van der Waals surface area contributed by atoms with Gasteiger partial charge < -0.3 is 18.4 Å². The van der Waals surface area contributed by atoms with Crippen molar-refractivity contribution in [2.75, 3.05) is 19.1 Å². The van der Waals surface area contributed by atoms with Crippen LogP contribution in [-0.2, 0) is 0 Å². The third-order valence-corrected chi connectivity index (χ3v) is 5.43. The average molecular weight is 436 g/mol. The second-order valence-corrected chi connectivity index (χ2v) is 7.30. The third kappa shape index (κ3) is 2.85. The molecule has 0 radical (unpaired) electrons. The van der Waals surface area contributed by atoms with Crippen molar-refractivity contribution in [3.8, 4) is 11.5 Å². The van der Waals surface area contributed by atoms with Crippen LogP contribution in [0.2, 0.25) is 0 Å². The molecule has 162 valence electrons. The number of fused-ring (bicyclic) bond motifs is 2. The van der Waals surface area contributed by atoms with Crippen molar-refractivity contribution in [3.63, 3.8) is 0 Å². The summed E-state index contributed by atoms with van der Waals surface area (Å²) in [5.74, 6) is 0.273. The molecule has 2 aromatic carbocycles. The molecule has 0 fully saturated rings. The predicted molar refractivity (Wildman–Crippen MR) is 112 cm³/mol. The van der Waals surface area contributed by atoms with Crippen molar-refractivity contribution >= 4 is 22.7 Å². The van der Waals surface area contributed by atoms with E-state index in [-0.39, 0.29) is 28.1 Å². The summed E-state index contributed by atoms with van der Waals surface area (Å²) >= 11 is 0. The van der Waals surface area contributed by atoms with Crippen LogP contribution < -0.4 is 19.8 Å². The fourth-order valence-corrected chi connectivity index (χ4v) is 4.00. The van der Waals surface area contributed by atoms with Crippen LogP contribution in [-0.4, -0.2) is 25.3 Å². The number of carbonyl (C=O) groups excluding carboxylic acids is 1. The minimum Gasteiger partial charge on any atom is -0.497 e. The molecule has 0 aliphatic carbocycles. The summed E-state index contributed by atoms with van der Waals surface area (Å²) in [6.45, 7) is 1.69. The number of halogens is 1. The van der Waals surface area contributed by atoms with Crippen LogP contribution in [0.25, 0.3) is 11.0 Å². The fraction of sp³-hybridized carbons (Fsp3) is 0.174. The first-order valence-electron chi connectivity index (χ1n) is 9.68. The minimum absolute atomic E-state index is 0.0293. The standard InChI is InChI=1S/C23H17FN2O6/c1-11-8-18(25-32-11)26-20(14-10-13(29-2)5-7-16(14)30-3)19-21(27)15-9-12(24)4-6-17(15)31-22(19)23(26)28/h4-10,20H,1-3H3. The van der Waals surface area contributed by atoms with Gasteiger partial charge in [-0.1, -0.05) is 5.16 Å². The van der Waals surface area contributed by atoms with Gasteiger partial charge in [0, 0.05) is 11.6 Å². The molecule has 5 rings (SSSR count). The molecular formula is C23H17FN2O6. The molecule has 0 saturated carbocycles. The normalized spacial score (nSPS) is 15.3. The SMILES string of the molecule is COc1ccc(OC)c(C2c3c(oc4ccc(F)cc4c3=O)C(=O)N2c2cc(C)on2)c1. The van der Waals surface area contributed by atoms with Crippen LogP contribution in [0.4, 0.5) is 10.2 Å². The Morgan fingerprint density at radius 1 is 1.06 bits per heavy atom. The van der Waals surface area contributed by atoms with E-state index in [4.69, 9.17) is 18.4 Å². The molecule has 0 spiro atoms. The summed E-state index contributed by atoms with van der Waals surface area (Å²) in [6.07, 6.45) is 0. The van der Waals surface area contributed by atoms with Gasteiger partial charge in [-0.05, 0) is 43.3 Å². The molecule has 1 atom stereocenters. The number of rotatable bonds is 4. The summed E-state index contributed by atoms with van der Waals surface area (Å²) in [6, 6.07) is 9.23. The number of benzene rings is 2. The van der Waals surface area contributed by atoms with Crippen LogP contribution in [0.3, 0.4) is 0 Å². The highest BCUT2D eigenvalue weighted by Gasteiger charge is 2.46. The minimum atomic E-state index is -0.962. The Labute approximate surface area is 180 Å². The van der Waals surface area contributed by atoms with Gasteiger partial charge in [-0.3, -0.25) is 14.5 Å². The number of ether oxygens (including phenoxy) is 2. The summed E-state index contributed by atoms with van der Waals surface area (Å²) in [4.78, 5) is 28.3. The Bertz CT molecular complexity index is 1440. The predicted octanol–water partition coefficient (Wildman–Crippen LogP) is 4.00. The molecular weight excluding hydrogens is 419 g/mol. The van der Waals surface area contributed by atoms with Crippen molar-refractivity contribution in [3.05, 3.63) is 81.2 Å². The lowest BCUT2D eigenvalue weighted by atomic mass is 9.97. The van der Waals surface area contributed by atoms with Crippen molar-refractivity contribution in [1.82, 2.24) is 5.16 Å². The van der Waals surface area contributed by atoms with E-state index in [0.29, 0.717) is 22.8 Å². The molecule has 8 nitrogen and oxygen atoms in total. The highest BCUT2D eigenvalue weighted by atomic mass is 19.1. The Kier molecular flexibility index (Phi) is 4.47. The molecule has 32 heavy (non-hydrogen) atoms. The van der Waals surface area contributed by atoms with Gasteiger partial charge in [0.15, 0.2) is 11.2 Å². The number of hydrogen-bond donors (Lipinski definition) is 0. The van der Waals surface area contributed by atoms with Crippen LogP contribution in [0.15, 0.2) is 56.2 Å². The molecule has 1 unspecified atom stereocenters. The van der Waals surface area contributed by atoms with Gasteiger partial charge >= 0.3 is 0 Å². The average Bonchev–Trinajstić information content (AvgIpc) is 3.34. The van der Waals surface area contributed by atoms with E-state index in [1.807, 2.05) is 0 Å². The number of nitrogens with zero attached hydrogens (tertiary/aromatic N) is 2. The van der Waals surface area contributed by atoms with E-state index in [1.165, 1.54) is 31.3 Å². The first-order valence-corrected chi connectivity index (χ1v) is 9.68. The van der Waals surface area contributed by atoms with E-state index in [0.717, 1.165) is 6.07 Å². The van der Waals surface area contributed by atoms with E-state index in [9.17, 15) is 14.0 Å². The second-order valence-electron chi connectivity index (χ2n) is 7.30. The Morgan fingerprint density at radius 2 is 1.88 bits per heavy atom. The maximum Gasteiger partial charge on any atom is 0.296 e. The monoisotopic (exact) mass is 436 g/mol. The van der Waals surface area contributed by atoms with Crippen molar-refractivity contribution in [1.29, 1.82) is 0 Å². The third-order valence-electron chi connectivity index (χ3n) is 5.43. The maximum absolute atomic E-state index is 13.9. The Balaban J connectivity index is 1.86. The highest BCUT2D eigenvalue weighted by molar-refractivity contribution is 6.10. The van der Waals surface area contributed by atoms with E-state index < -0.39 is 23.2 Å². The quantitative estimate of drug-likeness (QED) is 0.477. The van der Waals surface area contributed by atoms with E-state index in [1.54, 1.807) is 31.2 Å². The van der Waals surface area contributed by atoms with E-state index in [2.05, 4.69) is 5.16 Å². The van der Waals surface area contributed by atoms with Gasteiger partial charge in [-0.25, -0.2) is 4.39 Å². The molecule has 1 aliphatic rings. The van der Waals surface area contributed by atoms with Crippen LogP contribution in [0.1, 0.15) is 33.5 Å². The lowest BCUT2D eigenvalue weighted by Gasteiger charge is -2.24. The number of methoxy groups -OCH3 is 2. The zero-order valence-corrected chi connectivity index (χ0v) is 17.3. The van der Waals surface area contributed by atoms with Crippen molar-refractivity contribution in [2.24, 2.45) is 0 Å². The molecule has 2 aromatic heterocycles. The number of aryl methyl sites for hydroxylation is 1. The van der Waals surface area contributed by atoms with Gasteiger partial charge in [-0.15, -0.1) is 0 Å². The van der Waals surface area contributed by atoms with Gasteiger partial charge in [-0.2, -0.15) is 0 Å². The molecule has 1 amide bonds. The lowest BCUT2D eigenvalue weighted by molar-refractivity contribution is 0.0969. The number of anilines is 1. The molecule has 0 N–H and O–H groups in total. The fourth-order valence-electron chi connectivity index (χ4n) is 4.00. The molecule has 9 heteroatoms. The zero-order chi connectivity index (χ0) is 22.6. The number of hydrogen-bond acceptors (Lipinski definition) is 7. The van der Waals surface area contributed by atoms with Gasteiger partial charge in [0.25, 0.3) is 5.91 Å². The number of carbonyl (C=O) groups is 1. The number of amides is 1. The van der Waals surface area contributed by atoms with Crippen LogP contribution >= 0.6 is 0 Å². The van der Waals surface area contributed by atoms with E-state index >= 15 is 0 Å². The van der Waals surface area contributed by atoms with Gasteiger partial charge in [0.05, 0.1) is 25.2 Å². The summed E-state index contributed by atoms with van der Waals surface area (Å²) in [5.41, 5.74) is 0.118. The summed E-state index contributed by atoms with van der Waals surface area (Å²) < 4.78 is 35.7. The molecule has 4 aromatic rings. The molecule has 1 aliphatic heterocycles. The first kappa shape index (κ1) is 19.8. The van der Waals surface area contributed by atoms with Crippen LogP contribution in [0.5, 0.6) is 11.5 Å². The van der Waals surface area contributed by atoms with Crippen molar-refractivity contribution in [2.45, 2.75) is 13.0 Å². The first-order chi connectivity index (χ1) is 15.4. The Hall–Kier alpha value is -4.14. The van der Waals surface area contributed by atoms with Crippen molar-refractivity contribution < 1.29 is 27.6 Å². The summed E-state index contributed by atoms with van der Waals surface area (Å²) in [5, 5.41) is 4.00. The topological polar surface area (TPSA) is 95.0 Å². The van der Waals surface area contributed by atoms with Gasteiger partial charge in [0.1, 0.15) is 34.7 Å². The summed E-state index contributed by atoms with van der Waals surface area (Å²) in [7, 11) is 2.98. The smallest absolute Gasteiger partial charge is 0.296 e. The second kappa shape index (κ2) is 7.23. The number of aromatic nitrogens is 1. The largest absolute Gasteiger partial charge is 0.497 e. The van der Waals surface area contributed by atoms with Gasteiger partial charge in [0.2, 0.25) is 5.76 Å². The Morgan fingerprint density at radius 3 is 2.56 bits per heavy atom. The maximum atomic E-state index is 13.9. The lowest BCUT2D eigenvalue weighted by Crippen LogP contribution is -2.30. The molecule has 0 bridgehead atoms. The van der Waals surface area contributed by atoms with Crippen LogP contribution in [0, 0.1) is 12.7 Å². The molecule has 0 saturated heterocycles. The zero-order valence-electron chi connectivity index (χ0n) is 17.3. The highest BCUT2D eigenvalue weighted by Crippen LogP contribution is 2.44.